The zero-order valence-corrected chi connectivity index (χ0v) is 62.0. The number of ether oxygens (including phenoxy) is 4. The van der Waals surface area contributed by atoms with Crippen molar-refractivity contribution in [2.75, 3.05) is 39.6 Å². The molecular weight excluding hydrogens is 1210 g/mol. The van der Waals surface area contributed by atoms with Crippen LogP contribution in [0.1, 0.15) is 364 Å². The Labute approximate surface area is 562 Å². The van der Waals surface area contributed by atoms with E-state index < -0.39 is 97.5 Å². The van der Waals surface area contributed by atoms with Gasteiger partial charge in [-0.05, 0) is 49.4 Å². The van der Waals surface area contributed by atoms with Crippen LogP contribution in [0, 0.1) is 23.7 Å². The number of phosphoric ester groups is 2. The smallest absolute Gasteiger partial charge is 0.462 e. The minimum atomic E-state index is -4.95. The van der Waals surface area contributed by atoms with Crippen LogP contribution in [0.3, 0.4) is 0 Å². The number of aliphatic hydroxyl groups excluding tert-OH is 1. The van der Waals surface area contributed by atoms with Crippen LogP contribution < -0.4 is 0 Å². The average Bonchev–Trinajstić information content (AvgIpc) is 1.38. The quantitative estimate of drug-likeness (QED) is 0.0222. The molecule has 3 N–H and O–H groups in total. The normalized spacial score (nSPS) is 14.2. The number of carbonyl (C=O) groups is 4. The first-order valence-corrected chi connectivity index (χ1v) is 40.7. The fraction of sp³-hybridized carbons (Fsp3) is 0.945. The summed E-state index contributed by atoms with van der Waals surface area (Å²) in [6.07, 6.45) is 45.8. The fourth-order valence-electron chi connectivity index (χ4n) is 11.0. The highest BCUT2D eigenvalue weighted by Crippen LogP contribution is 2.45. The van der Waals surface area contributed by atoms with Crippen LogP contribution in [-0.2, 0) is 65.4 Å². The Morgan fingerprint density at radius 3 is 0.674 bits per heavy atom. The zero-order chi connectivity index (χ0) is 68.2. The maximum atomic E-state index is 13.0. The molecule has 0 heterocycles. The maximum Gasteiger partial charge on any atom is 0.472 e. The first kappa shape index (κ1) is 90.1. The van der Waals surface area contributed by atoms with Crippen LogP contribution in [-0.4, -0.2) is 96.7 Å². The third-order valence-corrected chi connectivity index (χ3v) is 18.7. The summed E-state index contributed by atoms with van der Waals surface area (Å²) in [6.45, 7) is 14.1. The summed E-state index contributed by atoms with van der Waals surface area (Å²) in [7, 11) is -9.91. The van der Waals surface area contributed by atoms with Gasteiger partial charge in [0.15, 0.2) is 12.2 Å². The predicted molar refractivity (Wildman–Crippen MR) is 372 cm³/mol. The molecule has 92 heavy (non-hydrogen) atoms. The summed E-state index contributed by atoms with van der Waals surface area (Å²) >= 11 is 0. The second-order valence-electron chi connectivity index (χ2n) is 28.2. The second kappa shape index (κ2) is 62.6. The molecule has 0 aliphatic heterocycles. The van der Waals surface area contributed by atoms with Crippen molar-refractivity contribution in [2.24, 2.45) is 23.7 Å². The van der Waals surface area contributed by atoms with Gasteiger partial charge in [0.25, 0.3) is 0 Å². The van der Waals surface area contributed by atoms with E-state index >= 15 is 0 Å². The van der Waals surface area contributed by atoms with Gasteiger partial charge in [-0.2, -0.15) is 0 Å². The summed E-state index contributed by atoms with van der Waals surface area (Å²) in [6, 6.07) is 0. The summed E-state index contributed by atoms with van der Waals surface area (Å²) < 4.78 is 68.4. The molecule has 0 saturated heterocycles. The van der Waals surface area contributed by atoms with Gasteiger partial charge in [0.1, 0.15) is 19.3 Å². The molecule has 546 valence electrons. The number of carbonyl (C=O) groups excluding carboxylic acids is 4. The number of esters is 4. The van der Waals surface area contributed by atoms with Crippen LogP contribution in [0.15, 0.2) is 0 Å². The summed E-state index contributed by atoms with van der Waals surface area (Å²) in [5.41, 5.74) is 0. The van der Waals surface area contributed by atoms with E-state index in [-0.39, 0.29) is 25.7 Å². The molecule has 0 aromatic rings. The highest BCUT2D eigenvalue weighted by molar-refractivity contribution is 7.47. The molecule has 5 atom stereocenters. The highest BCUT2D eigenvalue weighted by Gasteiger charge is 2.30. The van der Waals surface area contributed by atoms with E-state index in [2.05, 4.69) is 55.4 Å². The van der Waals surface area contributed by atoms with Gasteiger partial charge in [0.05, 0.1) is 26.4 Å². The molecule has 0 aromatic heterocycles. The lowest BCUT2D eigenvalue weighted by Gasteiger charge is -2.21. The van der Waals surface area contributed by atoms with Crippen LogP contribution in [0.2, 0.25) is 0 Å². The Morgan fingerprint density at radius 2 is 0.457 bits per heavy atom. The summed E-state index contributed by atoms with van der Waals surface area (Å²) in [5.74, 6) is 0.877. The number of aliphatic hydroxyl groups is 1. The molecule has 17 nitrogen and oxygen atoms in total. The Morgan fingerprint density at radius 1 is 0.272 bits per heavy atom. The van der Waals surface area contributed by atoms with Crippen molar-refractivity contribution in [2.45, 2.75) is 382 Å². The van der Waals surface area contributed by atoms with Gasteiger partial charge in [-0.1, -0.05) is 312 Å². The lowest BCUT2D eigenvalue weighted by molar-refractivity contribution is -0.161. The Kier molecular flexibility index (Phi) is 61.3. The van der Waals surface area contributed by atoms with E-state index in [9.17, 15) is 43.2 Å². The molecule has 0 spiro atoms. The van der Waals surface area contributed by atoms with E-state index in [0.29, 0.717) is 31.6 Å². The molecule has 19 heteroatoms. The van der Waals surface area contributed by atoms with E-state index in [1.807, 2.05) is 0 Å². The minimum Gasteiger partial charge on any atom is -0.462 e. The van der Waals surface area contributed by atoms with E-state index in [1.54, 1.807) is 0 Å². The molecular formula is C73H142O17P2. The zero-order valence-electron chi connectivity index (χ0n) is 60.2. The molecule has 0 rings (SSSR count). The third-order valence-electron chi connectivity index (χ3n) is 16.8. The third kappa shape index (κ3) is 66.7. The van der Waals surface area contributed by atoms with Gasteiger partial charge in [-0.15, -0.1) is 0 Å². The molecule has 0 radical (unpaired) electrons. The van der Waals surface area contributed by atoms with Gasteiger partial charge < -0.3 is 33.8 Å². The Balaban J connectivity index is 5.25. The number of hydrogen-bond acceptors (Lipinski definition) is 15. The number of unbranched alkanes of at least 4 members (excludes halogenated alkanes) is 36. The van der Waals surface area contributed by atoms with Crippen molar-refractivity contribution in [3.8, 4) is 0 Å². The van der Waals surface area contributed by atoms with Gasteiger partial charge in [-0.3, -0.25) is 37.3 Å². The molecule has 0 fully saturated rings. The highest BCUT2D eigenvalue weighted by atomic mass is 31.2. The standard InChI is InChI=1S/C73H142O17P2/c1-63(2)49-41-33-25-18-12-10-9-11-13-22-30-39-47-55-72(77)90-69(60-84-71(76)54-46-38-32-24-28-36-44-52-66(7)8)62-88-92(81,82)86-58-67(74)57-85-91(79,80)87-61-68(89-73(78)56-48-40-31-23-17-15-20-27-35-43-51-65(5)6)59-83-70(75)53-45-37-29-21-16-14-19-26-34-42-50-64(3)4/h63-69,74H,9-62H2,1-8H3,(H,79,80)(H,81,82)/t67?,68-,69-/m1/s1. The van der Waals surface area contributed by atoms with Gasteiger partial charge in [0.2, 0.25) is 0 Å². The van der Waals surface area contributed by atoms with Crippen LogP contribution in [0.25, 0.3) is 0 Å². The summed E-state index contributed by atoms with van der Waals surface area (Å²) in [5, 5.41) is 10.6. The van der Waals surface area contributed by atoms with Crippen molar-refractivity contribution < 1.29 is 80.2 Å². The summed E-state index contributed by atoms with van der Waals surface area (Å²) in [4.78, 5) is 72.7. The SMILES string of the molecule is CC(C)CCCCCCCCCCCCCCCC(=O)O[C@H](COC(=O)CCCCCCCCCC(C)C)COP(=O)(O)OCC(O)COP(=O)(O)OC[C@@H](COC(=O)CCCCCCCCCCCCC(C)C)OC(=O)CCCCCCCCCCCCC(C)C. The van der Waals surface area contributed by atoms with Crippen molar-refractivity contribution in [3.63, 3.8) is 0 Å². The van der Waals surface area contributed by atoms with E-state index in [1.165, 1.54) is 161 Å². The van der Waals surface area contributed by atoms with Crippen molar-refractivity contribution in [1.82, 2.24) is 0 Å². The average molecular weight is 1350 g/mol. The predicted octanol–water partition coefficient (Wildman–Crippen LogP) is 20.9. The van der Waals surface area contributed by atoms with Crippen LogP contribution in [0.4, 0.5) is 0 Å². The molecule has 0 saturated carbocycles. The first-order chi connectivity index (χ1) is 44.1. The van der Waals surface area contributed by atoms with Crippen LogP contribution in [0.5, 0.6) is 0 Å². The van der Waals surface area contributed by atoms with Crippen molar-refractivity contribution in [3.05, 3.63) is 0 Å². The van der Waals surface area contributed by atoms with E-state index in [0.717, 1.165) is 114 Å². The topological polar surface area (TPSA) is 237 Å². The second-order valence-corrected chi connectivity index (χ2v) is 31.1. The minimum absolute atomic E-state index is 0.105. The Bertz CT molecular complexity index is 1820. The van der Waals surface area contributed by atoms with Gasteiger partial charge >= 0.3 is 39.5 Å². The number of rotatable bonds is 70. The van der Waals surface area contributed by atoms with Gasteiger partial charge in [0, 0.05) is 25.7 Å². The molecule has 3 unspecified atom stereocenters. The molecule has 0 aliphatic carbocycles. The van der Waals surface area contributed by atoms with Crippen molar-refractivity contribution >= 4 is 39.5 Å². The van der Waals surface area contributed by atoms with Crippen molar-refractivity contribution in [1.29, 1.82) is 0 Å². The number of hydrogen-bond donors (Lipinski definition) is 3. The monoisotopic (exact) mass is 1350 g/mol. The van der Waals surface area contributed by atoms with Crippen LogP contribution >= 0.6 is 15.6 Å². The first-order valence-electron chi connectivity index (χ1n) is 37.7. The Hall–Kier alpha value is -1.94. The maximum absolute atomic E-state index is 13.0. The molecule has 0 bridgehead atoms. The molecule has 0 amide bonds. The molecule has 0 aliphatic rings. The largest absolute Gasteiger partial charge is 0.472 e. The van der Waals surface area contributed by atoms with Gasteiger partial charge in [-0.25, -0.2) is 9.13 Å². The fourth-order valence-corrected chi connectivity index (χ4v) is 12.6. The number of phosphoric acid groups is 2. The lowest BCUT2D eigenvalue weighted by Crippen LogP contribution is -2.30. The molecule has 0 aromatic carbocycles. The van der Waals surface area contributed by atoms with E-state index in [4.69, 9.17) is 37.0 Å². The lowest BCUT2D eigenvalue weighted by atomic mass is 10.0.